The minimum atomic E-state index is -0.461. The number of morpholine rings is 1. The van der Waals surface area contributed by atoms with Crippen LogP contribution in [0.5, 0.6) is 0 Å². The van der Waals surface area contributed by atoms with Gasteiger partial charge >= 0.3 is 0 Å². The molecular weight excluding hydrogens is 276 g/mol. The Hall–Kier alpha value is -0.350. The van der Waals surface area contributed by atoms with Gasteiger partial charge in [0.2, 0.25) is 0 Å². The molecule has 100 valence electrons. The van der Waals surface area contributed by atoms with Crippen LogP contribution in [0.4, 0.5) is 4.39 Å². The molecule has 0 spiro atoms. The Bertz CT molecular complexity index is 426. The van der Waals surface area contributed by atoms with Crippen molar-refractivity contribution >= 4 is 23.2 Å². The van der Waals surface area contributed by atoms with Gasteiger partial charge in [-0.1, -0.05) is 36.5 Å². The topological polar surface area (TPSA) is 21.3 Å². The summed E-state index contributed by atoms with van der Waals surface area (Å²) in [5.74, 6) is -0.461. The molecule has 0 aromatic heterocycles. The Morgan fingerprint density at radius 1 is 1.33 bits per heavy atom. The first kappa shape index (κ1) is 14.1. The molecule has 0 aliphatic carbocycles. The van der Waals surface area contributed by atoms with Gasteiger partial charge in [-0.25, -0.2) is 4.39 Å². The van der Waals surface area contributed by atoms with Crippen LogP contribution in [0, 0.1) is 5.82 Å². The van der Waals surface area contributed by atoms with Crippen LogP contribution in [0.2, 0.25) is 10.0 Å². The van der Waals surface area contributed by atoms with Crippen LogP contribution in [-0.4, -0.2) is 19.2 Å². The summed E-state index contributed by atoms with van der Waals surface area (Å²) in [6, 6.07) is 2.80. The molecule has 2 rings (SSSR count). The SMILES string of the molecule is CCCC1CNCC(c2cc(F)c(Cl)cc2Cl)O1. The van der Waals surface area contributed by atoms with E-state index in [0.29, 0.717) is 17.1 Å². The number of hydrogen-bond acceptors (Lipinski definition) is 2. The highest BCUT2D eigenvalue weighted by molar-refractivity contribution is 6.35. The molecule has 5 heteroatoms. The highest BCUT2D eigenvalue weighted by Crippen LogP contribution is 2.32. The summed E-state index contributed by atoms with van der Waals surface area (Å²) < 4.78 is 19.4. The maximum absolute atomic E-state index is 13.5. The fourth-order valence-electron chi connectivity index (χ4n) is 2.16. The number of rotatable bonds is 3. The second-order valence-corrected chi connectivity index (χ2v) is 5.30. The lowest BCUT2D eigenvalue weighted by atomic mass is 10.1. The molecule has 1 heterocycles. The van der Waals surface area contributed by atoms with E-state index in [9.17, 15) is 4.39 Å². The van der Waals surface area contributed by atoms with E-state index in [1.807, 2.05) is 0 Å². The molecule has 2 nitrogen and oxygen atoms in total. The fourth-order valence-corrected chi connectivity index (χ4v) is 2.67. The van der Waals surface area contributed by atoms with Gasteiger partial charge in [0.25, 0.3) is 0 Å². The van der Waals surface area contributed by atoms with Gasteiger partial charge in [-0.05, 0) is 18.6 Å². The predicted molar refractivity (Wildman–Crippen MR) is 71.8 cm³/mol. The Morgan fingerprint density at radius 2 is 2.11 bits per heavy atom. The van der Waals surface area contributed by atoms with Crippen LogP contribution >= 0.6 is 23.2 Å². The third kappa shape index (κ3) is 3.15. The summed E-state index contributed by atoms with van der Waals surface area (Å²) in [5.41, 5.74) is 0.659. The van der Waals surface area contributed by atoms with Crippen molar-refractivity contribution in [2.24, 2.45) is 0 Å². The van der Waals surface area contributed by atoms with Crippen molar-refractivity contribution in [3.05, 3.63) is 33.6 Å². The van der Waals surface area contributed by atoms with E-state index in [2.05, 4.69) is 12.2 Å². The van der Waals surface area contributed by atoms with Crippen molar-refractivity contribution in [3.8, 4) is 0 Å². The molecule has 1 N–H and O–H groups in total. The van der Waals surface area contributed by atoms with E-state index >= 15 is 0 Å². The van der Waals surface area contributed by atoms with Gasteiger partial charge in [0.15, 0.2) is 0 Å². The second kappa shape index (κ2) is 6.20. The zero-order valence-corrected chi connectivity index (χ0v) is 11.7. The van der Waals surface area contributed by atoms with E-state index in [4.69, 9.17) is 27.9 Å². The molecule has 18 heavy (non-hydrogen) atoms. The second-order valence-electron chi connectivity index (χ2n) is 4.48. The first-order valence-electron chi connectivity index (χ1n) is 6.12. The van der Waals surface area contributed by atoms with Crippen molar-refractivity contribution in [2.45, 2.75) is 32.0 Å². The number of halogens is 3. The van der Waals surface area contributed by atoms with Crippen LogP contribution < -0.4 is 5.32 Å². The zero-order chi connectivity index (χ0) is 13.1. The van der Waals surface area contributed by atoms with Gasteiger partial charge in [0.1, 0.15) is 5.82 Å². The number of nitrogens with one attached hydrogen (secondary N) is 1. The number of ether oxygens (including phenoxy) is 1. The van der Waals surface area contributed by atoms with Gasteiger partial charge in [-0.15, -0.1) is 0 Å². The average Bonchev–Trinajstić information content (AvgIpc) is 2.34. The molecule has 0 bridgehead atoms. The summed E-state index contributed by atoms with van der Waals surface area (Å²) >= 11 is 11.8. The van der Waals surface area contributed by atoms with Gasteiger partial charge < -0.3 is 10.1 Å². The van der Waals surface area contributed by atoms with Crippen molar-refractivity contribution in [1.29, 1.82) is 0 Å². The molecule has 1 aliphatic rings. The Kier molecular flexibility index (Phi) is 4.84. The van der Waals surface area contributed by atoms with Crippen LogP contribution in [0.15, 0.2) is 12.1 Å². The molecule has 1 saturated heterocycles. The quantitative estimate of drug-likeness (QED) is 0.851. The minimum absolute atomic E-state index is 0.0395. The van der Waals surface area contributed by atoms with Gasteiger partial charge in [0, 0.05) is 23.7 Å². The lowest BCUT2D eigenvalue weighted by Gasteiger charge is -2.31. The molecular formula is C13H16Cl2FNO. The molecule has 1 aromatic rings. The summed E-state index contributed by atoms with van der Waals surface area (Å²) in [5, 5.41) is 3.78. The molecule has 2 unspecified atom stereocenters. The molecule has 1 aromatic carbocycles. The van der Waals surface area contributed by atoms with Crippen LogP contribution in [0.25, 0.3) is 0 Å². The summed E-state index contributed by atoms with van der Waals surface area (Å²) in [6.45, 7) is 3.58. The third-order valence-electron chi connectivity index (χ3n) is 3.06. The van der Waals surface area contributed by atoms with Crippen molar-refractivity contribution in [2.75, 3.05) is 13.1 Å². The van der Waals surface area contributed by atoms with Crippen molar-refractivity contribution in [3.63, 3.8) is 0 Å². The van der Waals surface area contributed by atoms with Gasteiger partial charge in [-0.3, -0.25) is 0 Å². The van der Waals surface area contributed by atoms with Crippen molar-refractivity contribution in [1.82, 2.24) is 5.32 Å². The maximum atomic E-state index is 13.5. The lowest BCUT2D eigenvalue weighted by Crippen LogP contribution is -2.40. The molecule has 0 saturated carbocycles. The van der Waals surface area contributed by atoms with Crippen LogP contribution in [-0.2, 0) is 4.74 Å². The standard InChI is InChI=1S/C13H16Cl2FNO/c1-2-3-8-6-17-7-13(18-8)9-4-12(16)11(15)5-10(9)14/h4-5,8,13,17H,2-3,6-7H2,1H3. The molecule has 0 amide bonds. The normalized spacial score (nSPS) is 24.2. The third-order valence-corrected chi connectivity index (χ3v) is 3.67. The van der Waals surface area contributed by atoms with E-state index in [1.165, 1.54) is 12.1 Å². The van der Waals surface area contributed by atoms with E-state index in [-0.39, 0.29) is 17.2 Å². The summed E-state index contributed by atoms with van der Waals surface area (Å²) in [7, 11) is 0. The maximum Gasteiger partial charge on any atom is 0.142 e. The summed E-state index contributed by atoms with van der Waals surface area (Å²) in [4.78, 5) is 0. The smallest absolute Gasteiger partial charge is 0.142 e. The average molecular weight is 292 g/mol. The van der Waals surface area contributed by atoms with Crippen LogP contribution in [0.3, 0.4) is 0 Å². The lowest BCUT2D eigenvalue weighted by molar-refractivity contribution is -0.0425. The predicted octanol–water partition coefficient (Wildman–Crippen LogP) is 3.96. The molecule has 0 radical (unpaired) electrons. The Balaban J connectivity index is 2.18. The molecule has 1 fully saturated rings. The molecule has 1 aliphatic heterocycles. The molecule has 2 atom stereocenters. The van der Waals surface area contributed by atoms with Gasteiger partial charge in [-0.2, -0.15) is 0 Å². The first-order chi connectivity index (χ1) is 8.61. The fraction of sp³-hybridized carbons (Fsp3) is 0.538. The van der Waals surface area contributed by atoms with Crippen LogP contribution in [0.1, 0.15) is 31.4 Å². The monoisotopic (exact) mass is 291 g/mol. The van der Waals surface area contributed by atoms with Gasteiger partial charge in [0.05, 0.1) is 17.2 Å². The zero-order valence-electron chi connectivity index (χ0n) is 10.2. The largest absolute Gasteiger partial charge is 0.368 e. The van der Waals surface area contributed by atoms with E-state index in [1.54, 1.807) is 0 Å². The van der Waals surface area contributed by atoms with E-state index in [0.717, 1.165) is 19.4 Å². The number of hydrogen-bond donors (Lipinski definition) is 1. The highest BCUT2D eigenvalue weighted by Gasteiger charge is 2.25. The number of benzene rings is 1. The summed E-state index contributed by atoms with van der Waals surface area (Å²) in [6.07, 6.45) is 1.98. The Morgan fingerprint density at radius 3 is 2.83 bits per heavy atom. The minimum Gasteiger partial charge on any atom is -0.368 e. The van der Waals surface area contributed by atoms with E-state index < -0.39 is 5.82 Å². The highest BCUT2D eigenvalue weighted by atomic mass is 35.5. The Labute approximate surface area is 116 Å². The van der Waals surface area contributed by atoms with Crippen molar-refractivity contribution < 1.29 is 9.13 Å². The first-order valence-corrected chi connectivity index (χ1v) is 6.88.